The zero-order valence-electron chi connectivity index (χ0n) is 11.6. The highest BCUT2D eigenvalue weighted by Gasteiger charge is 2.09. The lowest BCUT2D eigenvalue weighted by atomic mass is 10.2. The summed E-state index contributed by atoms with van der Waals surface area (Å²) in [6.45, 7) is 3.38. The molecule has 1 rings (SSSR count). The first kappa shape index (κ1) is 16.5. The van der Waals surface area contributed by atoms with Gasteiger partial charge in [-0.05, 0) is 31.5 Å². The highest BCUT2D eigenvalue weighted by atomic mass is 35.5. The van der Waals surface area contributed by atoms with E-state index in [2.05, 4.69) is 10.6 Å². The summed E-state index contributed by atoms with van der Waals surface area (Å²) in [4.78, 5) is 23.0. The number of carbonyl (C=O) groups is 2. The van der Waals surface area contributed by atoms with Crippen molar-refractivity contribution in [1.82, 2.24) is 0 Å². The average molecular weight is 299 g/mol. The molecule has 0 radical (unpaired) electrons. The van der Waals surface area contributed by atoms with Crippen molar-refractivity contribution in [2.75, 3.05) is 10.6 Å². The molecule has 0 aromatic heterocycles. The summed E-state index contributed by atoms with van der Waals surface area (Å²) in [5.74, 6) is -0.342. The van der Waals surface area contributed by atoms with Crippen LogP contribution in [0, 0.1) is 0 Å². The van der Waals surface area contributed by atoms with Gasteiger partial charge < -0.3 is 15.7 Å². The maximum atomic E-state index is 11.7. The van der Waals surface area contributed by atoms with E-state index >= 15 is 0 Å². The smallest absolute Gasteiger partial charge is 0.224 e. The molecule has 0 saturated heterocycles. The molecule has 0 aliphatic carbocycles. The van der Waals surface area contributed by atoms with Gasteiger partial charge in [-0.15, -0.1) is 0 Å². The van der Waals surface area contributed by atoms with E-state index in [1.807, 2.05) is 0 Å². The molecule has 6 heteroatoms. The summed E-state index contributed by atoms with van der Waals surface area (Å²) in [6.07, 6.45) is 0.444. The Morgan fingerprint density at radius 1 is 1.30 bits per heavy atom. The third-order valence-electron chi connectivity index (χ3n) is 2.63. The highest BCUT2D eigenvalue weighted by molar-refractivity contribution is 6.33. The number of hydrogen-bond acceptors (Lipinski definition) is 3. The number of benzene rings is 1. The molecule has 1 unspecified atom stereocenters. The Labute approximate surface area is 123 Å². The molecule has 1 aromatic carbocycles. The number of halogens is 1. The minimum atomic E-state index is -0.522. The molecule has 5 nitrogen and oxygen atoms in total. The Bertz CT molecular complexity index is 489. The number of aliphatic hydroxyl groups is 1. The fourth-order valence-corrected chi connectivity index (χ4v) is 1.67. The molecule has 0 heterocycles. The minimum absolute atomic E-state index is 0.112. The van der Waals surface area contributed by atoms with E-state index in [1.165, 1.54) is 0 Å². The van der Waals surface area contributed by atoms with Crippen molar-refractivity contribution in [1.29, 1.82) is 0 Å². The molecule has 0 bridgehead atoms. The number of carbonyl (C=O) groups excluding carboxylic acids is 2. The minimum Gasteiger partial charge on any atom is -0.393 e. The van der Waals surface area contributed by atoms with Gasteiger partial charge in [0.05, 0.1) is 16.8 Å². The van der Waals surface area contributed by atoms with Crippen molar-refractivity contribution in [2.45, 2.75) is 39.2 Å². The van der Waals surface area contributed by atoms with Gasteiger partial charge in [-0.2, -0.15) is 0 Å². The summed E-state index contributed by atoms with van der Waals surface area (Å²) in [5, 5.41) is 14.9. The van der Waals surface area contributed by atoms with E-state index in [9.17, 15) is 9.59 Å². The molecule has 1 atom stereocenters. The van der Waals surface area contributed by atoms with Crippen LogP contribution in [-0.2, 0) is 9.59 Å². The van der Waals surface area contributed by atoms with Gasteiger partial charge in [0.15, 0.2) is 0 Å². The zero-order chi connectivity index (χ0) is 15.1. The van der Waals surface area contributed by atoms with E-state index in [1.54, 1.807) is 32.0 Å². The quantitative estimate of drug-likeness (QED) is 0.755. The second-order valence-electron chi connectivity index (χ2n) is 4.53. The van der Waals surface area contributed by atoms with Crippen LogP contribution in [0.1, 0.15) is 33.1 Å². The zero-order valence-corrected chi connectivity index (χ0v) is 12.3. The Morgan fingerprint density at radius 3 is 2.60 bits per heavy atom. The number of hydrogen-bond donors (Lipinski definition) is 3. The van der Waals surface area contributed by atoms with Crippen LogP contribution < -0.4 is 10.6 Å². The molecule has 0 saturated carbocycles. The highest BCUT2D eigenvalue weighted by Crippen LogP contribution is 2.26. The number of rotatable bonds is 6. The third kappa shape index (κ3) is 5.59. The van der Waals surface area contributed by atoms with Crippen LogP contribution >= 0.6 is 11.6 Å². The number of aliphatic hydroxyl groups excluding tert-OH is 1. The number of nitrogens with one attached hydrogen (secondary N) is 2. The number of amides is 2. The Kier molecular flexibility index (Phi) is 6.48. The normalized spacial score (nSPS) is 11.8. The topological polar surface area (TPSA) is 78.4 Å². The van der Waals surface area contributed by atoms with Gasteiger partial charge in [0.1, 0.15) is 0 Å². The van der Waals surface area contributed by atoms with Crippen LogP contribution in [0.25, 0.3) is 0 Å². The standard InChI is InChI=1S/C14H19ClN2O3/c1-3-13(19)16-10-5-6-11(15)12(8-10)17-14(20)7-4-9(2)18/h5-6,8-9,18H,3-4,7H2,1-2H3,(H,16,19)(H,17,20). The van der Waals surface area contributed by atoms with Crippen LogP contribution in [0.4, 0.5) is 11.4 Å². The van der Waals surface area contributed by atoms with Gasteiger partial charge in [-0.25, -0.2) is 0 Å². The van der Waals surface area contributed by atoms with Gasteiger partial charge in [0.2, 0.25) is 11.8 Å². The molecule has 0 spiro atoms. The fourth-order valence-electron chi connectivity index (χ4n) is 1.50. The summed E-state index contributed by atoms with van der Waals surface area (Å²) in [7, 11) is 0. The van der Waals surface area contributed by atoms with Crippen molar-refractivity contribution < 1.29 is 14.7 Å². The molecule has 0 aliphatic heterocycles. The molecular weight excluding hydrogens is 280 g/mol. The molecule has 0 aliphatic rings. The van der Waals surface area contributed by atoms with E-state index in [-0.39, 0.29) is 18.2 Å². The Morgan fingerprint density at radius 2 is 2.00 bits per heavy atom. The van der Waals surface area contributed by atoms with Gasteiger partial charge >= 0.3 is 0 Å². The Balaban J connectivity index is 2.71. The lowest BCUT2D eigenvalue weighted by Gasteiger charge is -2.11. The van der Waals surface area contributed by atoms with Crippen LogP contribution in [-0.4, -0.2) is 23.0 Å². The van der Waals surface area contributed by atoms with Crippen molar-refractivity contribution in [3.63, 3.8) is 0 Å². The van der Waals surface area contributed by atoms with Crippen LogP contribution in [0.3, 0.4) is 0 Å². The molecular formula is C14H19ClN2O3. The largest absolute Gasteiger partial charge is 0.393 e. The lowest BCUT2D eigenvalue weighted by Crippen LogP contribution is -2.15. The van der Waals surface area contributed by atoms with E-state index in [0.29, 0.717) is 29.2 Å². The Hall–Kier alpha value is -1.59. The molecule has 0 fully saturated rings. The second-order valence-corrected chi connectivity index (χ2v) is 4.94. The lowest BCUT2D eigenvalue weighted by molar-refractivity contribution is -0.117. The van der Waals surface area contributed by atoms with Gasteiger partial charge in [-0.1, -0.05) is 18.5 Å². The first-order chi connectivity index (χ1) is 9.42. The summed E-state index contributed by atoms with van der Waals surface area (Å²) in [6, 6.07) is 4.88. The van der Waals surface area contributed by atoms with Crippen molar-refractivity contribution >= 4 is 34.8 Å². The molecule has 1 aromatic rings. The van der Waals surface area contributed by atoms with Crippen LogP contribution in [0.15, 0.2) is 18.2 Å². The van der Waals surface area contributed by atoms with Crippen molar-refractivity contribution in [3.8, 4) is 0 Å². The molecule has 20 heavy (non-hydrogen) atoms. The molecule has 3 N–H and O–H groups in total. The van der Waals surface area contributed by atoms with Gasteiger partial charge in [0.25, 0.3) is 0 Å². The SMILES string of the molecule is CCC(=O)Nc1ccc(Cl)c(NC(=O)CCC(C)O)c1. The predicted octanol–water partition coefficient (Wildman–Crippen LogP) is 2.79. The first-order valence-electron chi connectivity index (χ1n) is 6.49. The van der Waals surface area contributed by atoms with Gasteiger partial charge in [-0.3, -0.25) is 9.59 Å². The second kappa shape index (κ2) is 7.87. The summed E-state index contributed by atoms with van der Waals surface area (Å²) >= 11 is 6.00. The average Bonchev–Trinajstić information content (AvgIpc) is 2.40. The van der Waals surface area contributed by atoms with E-state index < -0.39 is 6.10 Å². The maximum absolute atomic E-state index is 11.7. The van der Waals surface area contributed by atoms with Crippen molar-refractivity contribution in [2.24, 2.45) is 0 Å². The molecule has 110 valence electrons. The first-order valence-corrected chi connectivity index (χ1v) is 6.87. The van der Waals surface area contributed by atoms with Crippen LogP contribution in [0.5, 0.6) is 0 Å². The van der Waals surface area contributed by atoms with Crippen LogP contribution in [0.2, 0.25) is 5.02 Å². The predicted molar refractivity (Wildman–Crippen MR) is 79.9 cm³/mol. The van der Waals surface area contributed by atoms with E-state index in [4.69, 9.17) is 16.7 Å². The molecule has 2 amide bonds. The monoisotopic (exact) mass is 298 g/mol. The fraction of sp³-hybridized carbons (Fsp3) is 0.429. The summed E-state index contributed by atoms with van der Waals surface area (Å²) in [5.41, 5.74) is 1.02. The maximum Gasteiger partial charge on any atom is 0.224 e. The summed E-state index contributed by atoms with van der Waals surface area (Å²) < 4.78 is 0. The number of anilines is 2. The van der Waals surface area contributed by atoms with Gasteiger partial charge in [0, 0.05) is 18.5 Å². The van der Waals surface area contributed by atoms with E-state index in [0.717, 1.165) is 0 Å². The van der Waals surface area contributed by atoms with Crippen molar-refractivity contribution in [3.05, 3.63) is 23.2 Å². The third-order valence-corrected chi connectivity index (χ3v) is 2.96.